The molecule has 0 aromatic heterocycles. The molecule has 0 aliphatic rings. The van der Waals surface area contributed by atoms with Gasteiger partial charge in [-0.05, 0) is 25.5 Å². The standard InChI is InChI=1S/C18H27NO5/c1-4-23-12-8-11-19-16(21)15(20)18(2,3)13-24-17(22)14-9-6-5-7-10-14/h5-7,9-10,15,20H,4,8,11-13H2,1-3H3,(H,19,21)/t15-/m0/s1. The Morgan fingerprint density at radius 2 is 1.92 bits per heavy atom. The Morgan fingerprint density at radius 1 is 1.25 bits per heavy atom. The fourth-order valence-electron chi connectivity index (χ4n) is 1.97. The monoisotopic (exact) mass is 337 g/mol. The number of hydrogen-bond acceptors (Lipinski definition) is 5. The second-order valence-corrected chi connectivity index (χ2v) is 6.17. The molecule has 0 spiro atoms. The van der Waals surface area contributed by atoms with Gasteiger partial charge in [0.25, 0.3) is 0 Å². The third kappa shape index (κ3) is 6.68. The lowest BCUT2D eigenvalue weighted by Gasteiger charge is -2.29. The first-order valence-electron chi connectivity index (χ1n) is 8.14. The van der Waals surface area contributed by atoms with E-state index in [0.717, 1.165) is 0 Å². The van der Waals surface area contributed by atoms with Gasteiger partial charge in [0, 0.05) is 25.2 Å². The first-order chi connectivity index (χ1) is 11.4. The quantitative estimate of drug-likeness (QED) is 0.502. The molecule has 1 aromatic carbocycles. The zero-order valence-electron chi connectivity index (χ0n) is 14.6. The number of esters is 1. The number of amides is 1. The van der Waals surface area contributed by atoms with Gasteiger partial charge >= 0.3 is 5.97 Å². The molecule has 1 atom stereocenters. The summed E-state index contributed by atoms with van der Waals surface area (Å²) in [6.45, 7) is 6.82. The van der Waals surface area contributed by atoms with Crippen LogP contribution in [0.1, 0.15) is 37.6 Å². The molecule has 1 amide bonds. The highest BCUT2D eigenvalue weighted by molar-refractivity contribution is 5.89. The zero-order chi connectivity index (χ0) is 18.0. The Bertz CT molecular complexity index is 515. The first-order valence-corrected chi connectivity index (χ1v) is 8.14. The van der Waals surface area contributed by atoms with Gasteiger partial charge in [-0.2, -0.15) is 0 Å². The highest BCUT2D eigenvalue weighted by atomic mass is 16.5. The van der Waals surface area contributed by atoms with Crippen molar-refractivity contribution in [2.45, 2.75) is 33.3 Å². The number of aliphatic hydroxyl groups is 1. The zero-order valence-corrected chi connectivity index (χ0v) is 14.6. The van der Waals surface area contributed by atoms with Gasteiger partial charge in [0.15, 0.2) is 0 Å². The molecule has 24 heavy (non-hydrogen) atoms. The minimum absolute atomic E-state index is 0.0612. The average Bonchev–Trinajstić information content (AvgIpc) is 2.59. The Balaban J connectivity index is 2.42. The van der Waals surface area contributed by atoms with Gasteiger partial charge in [0.1, 0.15) is 6.10 Å². The van der Waals surface area contributed by atoms with E-state index in [4.69, 9.17) is 9.47 Å². The largest absolute Gasteiger partial charge is 0.461 e. The fraction of sp³-hybridized carbons (Fsp3) is 0.556. The maximum Gasteiger partial charge on any atom is 0.338 e. The number of carbonyl (C=O) groups excluding carboxylic acids is 2. The normalized spacial score (nSPS) is 12.5. The maximum atomic E-state index is 12.0. The van der Waals surface area contributed by atoms with Crippen molar-refractivity contribution in [3.63, 3.8) is 0 Å². The van der Waals surface area contributed by atoms with Crippen molar-refractivity contribution in [2.24, 2.45) is 5.41 Å². The summed E-state index contributed by atoms with van der Waals surface area (Å²) in [5, 5.41) is 12.9. The van der Waals surface area contributed by atoms with E-state index in [1.54, 1.807) is 44.2 Å². The van der Waals surface area contributed by atoms with E-state index in [9.17, 15) is 14.7 Å². The lowest BCUT2D eigenvalue weighted by Crippen LogP contribution is -2.46. The van der Waals surface area contributed by atoms with Gasteiger partial charge < -0.3 is 19.9 Å². The number of hydrogen-bond donors (Lipinski definition) is 2. The summed E-state index contributed by atoms with van der Waals surface area (Å²) in [5.74, 6) is -0.958. The van der Waals surface area contributed by atoms with E-state index in [1.165, 1.54) is 0 Å². The highest BCUT2D eigenvalue weighted by Crippen LogP contribution is 2.22. The van der Waals surface area contributed by atoms with Crippen LogP contribution in [0.15, 0.2) is 30.3 Å². The van der Waals surface area contributed by atoms with Gasteiger partial charge in [0.2, 0.25) is 5.91 Å². The van der Waals surface area contributed by atoms with Crippen molar-refractivity contribution in [1.29, 1.82) is 0 Å². The summed E-state index contributed by atoms with van der Waals surface area (Å²) in [5.41, 5.74) is -0.461. The molecule has 6 nitrogen and oxygen atoms in total. The Labute approximate surface area is 143 Å². The van der Waals surface area contributed by atoms with Gasteiger partial charge in [-0.3, -0.25) is 4.79 Å². The lowest BCUT2D eigenvalue weighted by molar-refractivity contribution is -0.137. The molecule has 0 fully saturated rings. The molecule has 0 heterocycles. The number of nitrogens with one attached hydrogen (secondary N) is 1. The highest BCUT2D eigenvalue weighted by Gasteiger charge is 2.34. The molecule has 0 aliphatic heterocycles. The summed E-state index contributed by atoms with van der Waals surface area (Å²) < 4.78 is 10.4. The van der Waals surface area contributed by atoms with Crippen molar-refractivity contribution < 1.29 is 24.2 Å². The summed E-state index contributed by atoms with van der Waals surface area (Å²) in [6.07, 6.45) is -0.594. The molecule has 0 saturated carbocycles. The third-order valence-corrected chi connectivity index (χ3v) is 3.54. The molecule has 0 aliphatic carbocycles. The minimum atomic E-state index is -1.27. The molecular formula is C18H27NO5. The molecule has 0 bridgehead atoms. The van der Waals surface area contributed by atoms with Crippen LogP contribution in [0.2, 0.25) is 0 Å². The molecule has 2 N–H and O–H groups in total. The van der Waals surface area contributed by atoms with Crippen LogP contribution in [0, 0.1) is 5.41 Å². The summed E-state index contributed by atoms with van der Waals surface area (Å²) in [7, 11) is 0. The van der Waals surface area contributed by atoms with Crippen LogP contribution < -0.4 is 5.32 Å². The van der Waals surface area contributed by atoms with E-state index in [1.807, 2.05) is 6.92 Å². The van der Waals surface area contributed by atoms with E-state index < -0.39 is 23.4 Å². The van der Waals surface area contributed by atoms with Crippen molar-refractivity contribution >= 4 is 11.9 Å². The van der Waals surface area contributed by atoms with E-state index in [0.29, 0.717) is 31.7 Å². The Hall–Kier alpha value is -1.92. The van der Waals surface area contributed by atoms with Crippen molar-refractivity contribution in [3.8, 4) is 0 Å². The van der Waals surface area contributed by atoms with Gasteiger partial charge in [-0.15, -0.1) is 0 Å². The van der Waals surface area contributed by atoms with Crippen LogP contribution in [0.3, 0.4) is 0 Å². The predicted molar refractivity (Wildman–Crippen MR) is 90.6 cm³/mol. The second kappa shape index (κ2) is 10.1. The molecule has 1 rings (SSSR count). The van der Waals surface area contributed by atoms with Crippen LogP contribution >= 0.6 is 0 Å². The van der Waals surface area contributed by atoms with Gasteiger partial charge in [-0.25, -0.2) is 4.79 Å². The lowest BCUT2D eigenvalue weighted by atomic mass is 9.87. The van der Waals surface area contributed by atoms with E-state index >= 15 is 0 Å². The topological polar surface area (TPSA) is 84.9 Å². The third-order valence-electron chi connectivity index (χ3n) is 3.54. The van der Waals surface area contributed by atoms with Crippen LogP contribution in [0.5, 0.6) is 0 Å². The molecule has 1 aromatic rings. The number of carbonyl (C=O) groups is 2. The second-order valence-electron chi connectivity index (χ2n) is 6.17. The molecule has 134 valence electrons. The van der Waals surface area contributed by atoms with Crippen LogP contribution in [-0.4, -0.2) is 49.5 Å². The van der Waals surface area contributed by atoms with Crippen molar-refractivity contribution in [3.05, 3.63) is 35.9 Å². The van der Waals surface area contributed by atoms with Crippen LogP contribution in [0.4, 0.5) is 0 Å². The van der Waals surface area contributed by atoms with Crippen LogP contribution in [-0.2, 0) is 14.3 Å². The number of ether oxygens (including phenoxy) is 2. The van der Waals surface area contributed by atoms with E-state index in [2.05, 4.69) is 5.32 Å². The molecule has 0 saturated heterocycles. The summed E-state index contributed by atoms with van der Waals surface area (Å²) in [4.78, 5) is 23.9. The first kappa shape index (κ1) is 20.1. The van der Waals surface area contributed by atoms with Crippen molar-refractivity contribution in [2.75, 3.05) is 26.4 Å². The van der Waals surface area contributed by atoms with Crippen LogP contribution in [0.25, 0.3) is 0 Å². The Kier molecular flexibility index (Phi) is 8.43. The molecule has 6 heteroatoms. The predicted octanol–water partition coefficient (Wildman–Crippen LogP) is 1.77. The van der Waals surface area contributed by atoms with E-state index in [-0.39, 0.29) is 6.61 Å². The fourth-order valence-corrected chi connectivity index (χ4v) is 1.97. The van der Waals surface area contributed by atoms with Crippen molar-refractivity contribution in [1.82, 2.24) is 5.32 Å². The minimum Gasteiger partial charge on any atom is -0.461 e. The molecule has 0 radical (unpaired) electrons. The molecular weight excluding hydrogens is 310 g/mol. The maximum absolute atomic E-state index is 12.0. The number of aliphatic hydroxyl groups excluding tert-OH is 1. The summed E-state index contributed by atoms with van der Waals surface area (Å²) in [6, 6.07) is 8.59. The average molecular weight is 337 g/mol. The summed E-state index contributed by atoms with van der Waals surface area (Å²) >= 11 is 0. The smallest absolute Gasteiger partial charge is 0.338 e. The van der Waals surface area contributed by atoms with Gasteiger partial charge in [-0.1, -0.05) is 32.0 Å². The molecule has 0 unspecified atom stereocenters. The number of benzene rings is 1. The SMILES string of the molecule is CCOCCCNC(=O)[C@H](O)C(C)(C)COC(=O)c1ccccc1. The number of rotatable bonds is 10. The Morgan fingerprint density at radius 3 is 2.54 bits per heavy atom. The van der Waals surface area contributed by atoms with Gasteiger partial charge in [0.05, 0.1) is 12.2 Å².